The molecule has 0 unspecified atom stereocenters. The monoisotopic (exact) mass is 270 g/mol. The number of hydrogen-bond acceptors (Lipinski definition) is 4. The van der Waals surface area contributed by atoms with Crippen LogP contribution in [0.4, 0.5) is 0 Å². The van der Waals surface area contributed by atoms with E-state index in [0.29, 0.717) is 18.9 Å². The molecule has 2 N–H and O–H groups in total. The van der Waals surface area contributed by atoms with E-state index in [1.54, 1.807) is 6.08 Å². The highest BCUT2D eigenvalue weighted by Gasteiger charge is 2.43. The molecular weight excluding hydrogens is 248 g/mol. The summed E-state index contributed by atoms with van der Waals surface area (Å²) in [4.78, 5) is 11.1. The second-order valence-electron chi connectivity index (χ2n) is 5.22. The molecule has 3 atom stereocenters. The summed E-state index contributed by atoms with van der Waals surface area (Å²) in [5.41, 5.74) is 0. The van der Waals surface area contributed by atoms with Gasteiger partial charge in [0.1, 0.15) is 0 Å². The molecule has 2 aliphatic rings. The topological polar surface area (TPSA) is 76.0 Å². The number of aliphatic hydroxyl groups excluding tert-OH is 1. The van der Waals surface area contributed by atoms with Crippen LogP contribution in [0, 0.1) is 17.8 Å². The van der Waals surface area contributed by atoms with Gasteiger partial charge in [-0.1, -0.05) is 0 Å². The van der Waals surface area contributed by atoms with Gasteiger partial charge in [-0.05, 0) is 50.5 Å². The van der Waals surface area contributed by atoms with Crippen molar-refractivity contribution in [3.05, 3.63) is 11.8 Å². The van der Waals surface area contributed by atoms with Crippen LogP contribution in [0.5, 0.6) is 0 Å². The number of carboxylic acids is 1. The Kier molecular flexibility index (Phi) is 4.82. The van der Waals surface area contributed by atoms with Crippen molar-refractivity contribution in [2.45, 2.75) is 38.9 Å². The molecule has 0 bridgehead atoms. The molecule has 0 aromatic carbocycles. The Hall–Kier alpha value is -1.07. The van der Waals surface area contributed by atoms with Gasteiger partial charge in [-0.25, -0.2) is 4.79 Å². The average molecular weight is 270 g/mol. The van der Waals surface area contributed by atoms with Crippen LogP contribution in [0.3, 0.4) is 0 Å². The lowest BCUT2D eigenvalue weighted by Gasteiger charge is -2.36. The fraction of sp³-hybridized carbons (Fsp3) is 0.786. The highest BCUT2D eigenvalue weighted by molar-refractivity contribution is 5.84. The third-order valence-corrected chi connectivity index (χ3v) is 3.83. The molecule has 5 nitrogen and oxygen atoms in total. The van der Waals surface area contributed by atoms with E-state index in [-0.39, 0.29) is 24.2 Å². The highest BCUT2D eigenvalue weighted by Crippen LogP contribution is 2.47. The van der Waals surface area contributed by atoms with Crippen molar-refractivity contribution in [1.29, 1.82) is 0 Å². The van der Waals surface area contributed by atoms with E-state index in [1.165, 1.54) is 0 Å². The highest BCUT2D eigenvalue weighted by atomic mass is 16.7. The number of carbonyl (C=O) groups is 1. The van der Waals surface area contributed by atoms with E-state index >= 15 is 0 Å². The van der Waals surface area contributed by atoms with Crippen LogP contribution in [-0.4, -0.2) is 35.7 Å². The Bertz CT molecular complexity index is 348. The minimum Gasteiger partial charge on any atom is -0.475 e. The zero-order chi connectivity index (χ0) is 13.8. The van der Waals surface area contributed by atoms with Gasteiger partial charge in [0, 0.05) is 19.1 Å². The molecule has 0 spiro atoms. The number of ether oxygens (including phenoxy) is 2. The largest absolute Gasteiger partial charge is 0.475 e. The van der Waals surface area contributed by atoms with Crippen molar-refractivity contribution >= 4 is 5.97 Å². The number of aliphatic hydroxyl groups is 1. The minimum atomic E-state index is -1.03. The van der Waals surface area contributed by atoms with Gasteiger partial charge < -0.3 is 19.7 Å². The van der Waals surface area contributed by atoms with E-state index in [0.717, 1.165) is 19.3 Å². The van der Waals surface area contributed by atoms with Crippen molar-refractivity contribution in [2.75, 3.05) is 13.2 Å². The van der Waals surface area contributed by atoms with Gasteiger partial charge in [0.25, 0.3) is 0 Å². The number of allylic oxidation sites excluding steroid dienone is 1. The van der Waals surface area contributed by atoms with Crippen molar-refractivity contribution < 1.29 is 24.5 Å². The molecule has 0 aromatic rings. The summed E-state index contributed by atoms with van der Waals surface area (Å²) in [5, 5.41) is 18.1. The smallest absolute Gasteiger partial charge is 0.370 e. The summed E-state index contributed by atoms with van der Waals surface area (Å²) < 4.78 is 11.0. The molecule has 0 saturated heterocycles. The van der Waals surface area contributed by atoms with E-state index in [9.17, 15) is 4.79 Å². The Balaban J connectivity index is 2.16. The second kappa shape index (κ2) is 6.39. The average Bonchev–Trinajstić information content (AvgIpc) is 3.21. The first-order valence-electron chi connectivity index (χ1n) is 7.01. The van der Waals surface area contributed by atoms with Crippen molar-refractivity contribution in [3.8, 4) is 0 Å². The standard InChI is InChI=1S/C14H22O5/c1-2-18-14-10(4-3-7-15)11(9-5-6-9)8-12(19-14)13(16)17/h8-11,14-15H,2-7H2,1H3,(H,16,17)/t10-,11+,14+/m1/s1. The van der Waals surface area contributed by atoms with Crippen LogP contribution in [-0.2, 0) is 14.3 Å². The van der Waals surface area contributed by atoms with Crippen LogP contribution in [0.2, 0.25) is 0 Å². The summed E-state index contributed by atoms with van der Waals surface area (Å²) in [6.45, 7) is 2.50. The third kappa shape index (κ3) is 3.48. The summed E-state index contributed by atoms with van der Waals surface area (Å²) in [6.07, 6.45) is 5.02. The summed E-state index contributed by atoms with van der Waals surface area (Å²) >= 11 is 0. The fourth-order valence-corrected chi connectivity index (χ4v) is 2.80. The van der Waals surface area contributed by atoms with Gasteiger partial charge >= 0.3 is 5.97 Å². The third-order valence-electron chi connectivity index (χ3n) is 3.83. The number of aliphatic carboxylic acids is 1. The molecule has 2 rings (SSSR count). The second-order valence-corrected chi connectivity index (χ2v) is 5.22. The lowest BCUT2D eigenvalue weighted by Crippen LogP contribution is -2.38. The van der Waals surface area contributed by atoms with Gasteiger partial charge in [0.2, 0.25) is 12.0 Å². The minimum absolute atomic E-state index is 0.00981. The Morgan fingerprint density at radius 3 is 2.79 bits per heavy atom. The van der Waals surface area contributed by atoms with Gasteiger partial charge in [-0.2, -0.15) is 0 Å². The van der Waals surface area contributed by atoms with Gasteiger partial charge in [-0.15, -0.1) is 0 Å². The maximum Gasteiger partial charge on any atom is 0.370 e. The first-order chi connectivity index (χ1) is 9.17. The van der Waals surface area contributed by atoms with Crippen molar-refractivity contribution in [1.82, 2.24) is 0 Å². The summed E-state index contributed by atoms with van der Waals surface area (Å²) in [7, 11) is 0. The molecule has 1 aliphatic heterocycles. The van der Waals surface area contributed by atoms with Crippen molar-refractivity contribution in [3.63, 3.8) is 0 Å². The molecular formula is C14H22O5. The molecule has 0 amide bonds. The molecule has 1 aliphatic carbocycles. The predicted octanol–water partition coefficient (Wildman–Crippen LogP) is 1.76. The van der Waals surface area contributed by atoms with Crippen LogP contribution in [0.25, 0.3) is 0 Å². The first-order valence-corrected chi connectivity index (χ1v) is 7.01. The van der Waals surface area contributed by atoms with E-state index in [2.05, 4.69) is 0 Å². The quantitative estimate of drug-likeness (QED) is 0.737. The van der Waals surface area contributed by atoms with Crippen LogP contribution in [0.1, 0.15) is 32.6 Å². The molecule has 0 radical (unpaired) electrons. The van der Waals surface area contributed by atoms with E-state index in [1.807, 2.05) is 6.92 Å². The number of carboxylic acid groups (broad SMARTS) is 1. The van der Waals surface area contributed by atoms with Crippen LogP contribution < -0.4 is 0 Å². The molecule has 5 heteroatoms. The summed E-state index contributed by atoms with van der Waals surface area (Å²) in [5.74, 6) is -0.137. The predicted molar refractivity (Wildman–Crippen MR) is 68.2 cm³/mol. The maximum absolute atomic E-state index is 11.1. The van der Waals surface area contributed by atoms with Gasteiger partial charge in [0.15, 0.2) is 0 Å². The molecule has 0 aromatic heterocycles. The lowest BCUT2D eigenvalue weighted by molar-refractivity contribution is -0.179. The molecule has 19 heavy (non-hydrogen) atoms. The van der Waals surface area contributed by atoms with Crippen molar-refractivity contribution in [2.24, 2.45) is 17.8 Å². The van der Waals surface area contributed by atoms with E-state index in [4.69, 9.17) is 19.7 Å². The number of rotatable bonds is 7. The molecule has 1 saturated carbocycles. The normalized spacial score (nSPS) is 30.6. The Morgan fingerprint density at radius 1 is 1.53 bits per heavy atom. The summed E-state index contributed by atoms with van der Waals surface area (Å²) in [6, 6.07) is 0. The van der Waals surface area contributed by atoms with Gasteiger partial charge in [-0.3, -0.25) is 0 Å². The SMILES string of the molecule is CCO[C@H]1OC(C(=O)O)=C[C@@H](C2CC2)[C@H]1CCCO. The van der Waals surface area contributed by atoms with E-state index < -0.39 is 12.3 Å². The number of hydrogen-bond donors (Lipinski definition) is 2. The fourth-order valence-electron chi connectivity index (χ4n) is 2.80. The zero-order valence-electron chi connectivity index (χ0n) is 11.2. The zero-order valence-corrected chi connectivity index (χ0v) is 11.2. The van der Waals surface area contributed by atoms with Crippen LogP contribution >= 0.6 is 0 Å². The van der Waals surface area contributed by atoms with Gasteiger partial charge in [0.05, 0.1) is 0 Å². The maximum atomic E-state index is 11.1. The first kappa shape index (κ1) is 14.3. The molecule has 108 valence electrons. The molecule has 1 heterocycles. The Morgan fingerprint density at radius 2 is 2.26 bits per heavy atom. The lowest BCUT2D eigenvalue weighted by atomic mass is 9.82. The Labute approximate surface area is 113 Å². The molecule has 1 fully saturated rings. The van der Waals surface area contributed by atoms with Crippen LogP contribution in [0.15, 0.2) is 11.8 Å².